The molecule has 2 unspecified atom stereocenters. The van der Waals surface area contributed by atoms with Crippen molar-refractivity contribution in [2.45, 2.75) is 31.8 Å². The first-order valence-corrected chi connectivity index (χ1v) is 7.58. The maximum atomic E-state index is 10.9. The van der Waals surface area contributed by atoms with E-state index < -0.39 is 18.0 Å². The summed E-state index contributed by atoms with van der Waals surface area (Å²) in [6.45, 7) is 1.63. The third-order valence-electron chi connectivity index (χ3n) is 3.96. The molecule has 0 spiro atoms. The van der Waals surface area contributed by atoms with Crippen LogP contribution in [-0.4, -0.2) is 22.3 Å². The summed E-state index contributed by atoms with van der Waals surface area (Å²) in [5, 5.41) is 19.3. The molecule has 116 valence electrons. The van der Waals surface area contributed by atoms with Crippen molar-refractivity contribution in [3.63, 3.8) is 0 Å². The van der Waals surface area contributed by atoms with Crippen LogP contribution in [-0.2, 0) is 4.79 Å². The molecule has 2 atom stereocenters. The van der Waals surface area contributed by atoms with Gasteiger partial charge in [-0.15, -0.1) is 0 Å². The Kier molecular flexibility index (Phi) is 5.73. The van der Waals surface area contributed by atoms with Crippen LogP contribution in [0.15, 0.2) is 60.7 Å². The van der Waals surface area contributed by atoms with Crippen LogP contribution < -0.4 is 0 Å². The van der Waals surface area contributed by atoms with E-state index in [1.165, 1.54) is 0 Å². The number of carbonyl (C=O) groups is 1. The number of aliphatic hydroxyl groups is 1. The highest BCUT2D eigenvalue weighted by molar-refractivity contribution is 5.69. The Morgan fingerprint density at radius 3 is 1.77 bits per heavy atom. The molecule has 0 radical (unpaired) electrons. The highest BCUT2D eigenvalue weighted by Gasteiger charge is 2.22. The van der Waals surface area contributed by atoms with Crippen LogP contribution in [0.4, 0.5) is 0 Å². The number of carboxylic acid groups (broad SMARTS) is 1. The van der Waals surface area contributed by atoms with Crippen LogP contribution in [0.5, 0.6) is 0 Å². The largest absolute Gasteiger partial charge is 0.481 e. The summed E-state index contributed by atoms with van der Waals surface area (Å²) in [5.74, 6) is -1.34. The molecule has 2 rings (SSSR count). The van der Waals surface area contributed by atoms with Crippen molar-refractivity contribution in [1.29, 1.82) is 0 Å². The quantitative estimate of drug-likeness (QED) is 0.820. The Balaban J connectivity index is 2.17. The van der Waals surface area contributed by atoms with E-state index in [1.54, 1.807) is 6.92 Å². The van der Waals surface area contributed by atoms with Crippen molar-refractivity contribution < 1.29 is 15.0 Å². The molecule has 0 fully saturated rings. The summed E-state index contributed by atoms with van der Waals surface area (Å²) in [7, 11) is 0. The van der Waals surface area contributed by atoms with Gasteiger partial charge in [-0.05, 0) is 24.0 Å². The first-order chi connectivity index (χ1) is 10.6. The van der Waals surface area contributed by atoms with E-state index in [4.69, 9.17) is 5.11 Å². The van der Waals surface area contributed by atoms with Crippen LogP contribution in [0.25, 0.3) is 0 Å². The monoisotopic (exact) mass is 298 g/mol. The van der Waals surface area contributed by atoms with Gasteiger partial charge in [0.1, 0.15) is 0 Å². The molecule has 0 amide bonds. The molecule has 22 heavy (non-hydrogen) atoms. The Labute approximate surface area is 131 Å². The van der Waals surface area contributed by atoms with Crippen LogP contribution in [0.1, 0.15) is 36.8 Å². The van der Waals surface area contributed by atoms with Crippen molar-refractivity contribution in [1.82, 2.24) is 0 Å². The summed E-state index contributed by atoms with van der Waals surface area (Å²) < 4.78 is 0. The minimum atomic E-state index is -0.866. The molecule has 0 heterocycles. The Morgan fingerprint density at radius 2 is 1.36 bits per heavy atom. The topological polar surface area (TPSA) is 57.5 Å². The zero-order valence-corrected chi connectivity index (χ0v) is 12.7. The fourth-order valence-electron chi connectivity index (χ4n) is 2.71. The van der Waals surface area contributed by atoms with Gasteiger partial charge in [-0.3, -0.25) is 4.79 Å². The molecule has 2 N–H and O–H groups in total. The summed E-state index contributed by atoms with van der Waals surface area (Å²) in [5.41, 5.74) is 2.27. The van der Waals surface area contributed by atoms with E-state index >= 15 is 0 Å². The number of hydrogen-bond acceptors (Lipinski definition) is 2. The van der Waals surface area contributed by atoms with E-state index in [2.05, 4.69) is 0 Å². The van der Waals surface area contributed by atoms with Gasteiger partial charge in [0, 0.05) is 5.92 Å². The Morgan fingerprint density at radius 1 is 0.909 bits per heavy atom. The summed E-state index contributed by atoms with van der Waals surface area (Å²) >= 11 is 0. The predicted molar refractivity (Wildman–Crippen MR) is 86.8 cm³/mol. The molecule has 0 saturated carbocycles. The molecule has 2 aromatic carbocycles. The SMILES string of the molecule is CC(CC(O)CC(c1ccccc1)c1ccccc1)C(=O)O. The second-order valence-corrected chi connectivity index (χ2v) is 5.74. The molecule has 0 bridgehead atoms. The highest BCUT2D eigenvalue weighted by atomic mass is 16.4. The smallest absolute Gasteiger partial charge is 0.306 e. The van der Waals surface area contributed by atoms with Crippen LogP contribution in [0, 0.1) is 5.92 Å². The second kappa shape index (κ2) is 7.76. The van der Waals surface area contributed by atoms with E-state index in [0.29, 0.717) is 6.42 Å². The van der Waals surface area contributed by atoms with Crippen molar-refractivity contribution in [3.05, 3.63) is 71.8 Å². The van der Waals surface area contributed by atoms with E-state index in [-0.39, 0.29) is 12.3 Å². The predicted octanol–water partition coefficient (Wildman–Crippen LogP) is 3.68. The van der Waals surface area contributed by atoms with Gasteiger partial charge < -0.3 is 10.2 Å². The normalized spacial score (nSPS) is 13.8. The minimum absolute atomic E-state index is 0.0680. The third kappa shape index (κ3) is 4.43. The van der Waals surface area contributed by atoms with Gasteiger partial charge in [0.15, 0.2) is 0 Å². The maximum Gasteiger partial charge on any atom is 0.306 e. The lowest BCUT2D eigenvalue weighted by molar-refractivity contribution is -0.142. The molecule has 0 aliphatic heterocycles. The Bertz CT molecular complexity index is 541. The summed E-state index contributed by atoms with van der Waals surface area (Å²) in [4.78, 5) is 10.9. The van der Waals surface area contributed by atoms with Gasteiger partial charge in [-0.25, -0.2) is 0 Å². The summed E-state index contributed by atoms with van der Waals surface area (Å²) in [6.07, 6.45) is 0.147. The number of benzene rings is 2. The van der Waals surface area contributed by atoms with Gasteiger partial charge in [-0.1, -0.05) is 67.6 Å². The van der Waals surface area contributed by atoms with Crippen molar-refractivity contribution in [2.24, 2.45) is 5.92 Å². The lowest BCUT2D eigenvalue weighted by Gasteiger charge is -2.22. The molecule has 0 aromatic heterocycles. The van der Waals surface area contributed by atoms with Gasteiger partial charge >= 0.3 is 5.97 Å². The van der Waals surface area contributed by atoms with Crippen molar-refractivity contribution in [2.75, 3.05) is 0 Å². The molecular formula is C19H22O3. The van der Waals surface area contributed by atoms with Crippen LogP contribution in [0.2, 0.25) is 0 Å². The Hall–Kier alpha value is -2.13. The zero-order valence-electron chi connectivity index (χ0n) is 12.7. The number of hydrogen-bond donors (Lipinski definition) is 2. The molecule has 3 nitrogen and oxygen atoms in total. The molecule has 3 heteroatoms. The molecular weight excluding hydrogens is 276 g/mol. The van der Waals surface area contributed by atoms with Crippen molar-refractivity contribution in [3.8, 4) is 0 Å². The van der Waals surface area contributed by atoms with Crippen LogP contribution >= 0.6 is 0 Å². The second-order valence-electron chi connectivity index (χ2n) is 5.74. The molecule has 0 aliphatic rings. The van der Waals surface area contributed by atoms with Crippen molar-refractivity contribution >= 4 is 5.97 Å². The number of carboxylic acids is 1. The molecule has 2 aromatic rings. The number of rotatable bonds is 7. The standard InChI is InChI=1S/C19H22O3/c1-14(19(21)22)12-17(20)13-18(15-8-4-2-5-9-15)16-10-6-3-7-11-16/h2-11,14,17-18,20H,12-13H2,1H3,(H,21,22). The lowest BCUT2D eigenvalue weighted by Crippen LogP contribution is -2.20. The average Bonchev–Trinajstić information content (AvgIpc) is 2.54. The number of aliphatic carboxylic acids is 1. The van der Waals surface area contributed by atoms with Crippen LogP contribution in [0.3, 0.4) is 0 Å². The van der Waals surface area contributed by atoms with Gasteiger partial charge in [0.25, 0.3) is 0 Å². The zero-order chi connectivity index (χ0) is 15.9. The van der Waals surface area contributed by atoms with E-state index in [1.807, 2.05) is 60.7 Å². The first kappa shape index (κ1) is 16.2. The molecule has 0 aliphatic carbocycles. The van der Waals surface area contributed by atoms with Gasteiger partial charge in [0.05, 0.1) is 12.0 Å². The van der Waals surface area contributed by atoms with Gasteiger partial charge in [0.2, 0.25) is 0 Å². The lowest BCUT2D eigenvalue weighted by atomic mass is 9.85. The van der Waals surface area contributed by atoms with E-state index in [9.17, 15) is 9.90 Å². The average molecular weight is 298 g/mol. The van der Waals surface area contributed by atoms with E-state index in [0.717, 1.165) is 11.1 Å². The number of aliphatic hydroxyl groups excluding tert-OH is 1. The summed E-state index contributed by atoms with van der Waals surface area (Å²) in [6, 6.07) is 20.1. The third-order valence-corrected chi connectivity index (χ3v) is 3.96. The fourth-order valence-corrected chi connectivity index (χ4v) is 2.71. The minimum Gasteiger partial charge on any atom is -0.481 e. The van der Waals surface area contributed by atoms with Gasteiger partial charge in [-0.2, -0.15) is 0 Å². The maximum absolute atomic E-state index is 10.9. The first-order valence-electron chi connectivity index (χ1n) is 7.58. The highest BCUT2D eigenvalue weighted by Crippen LogP contribution is 2.30. The molecule has 0 saturated heterocycles. The fraction of sp³-hybridized carbons (Fsp3) is 0.316.